The minimum Gasteiger partial charge on any atom is -0.491 e. The summed E-state index contributed by atoms with van der Waals surface area (Å²) in [5.74, 6) is 1.41. The molecule has 2 aliphatic rings. The van der Waals surface area contributed by atoms with Gasteiger partial charge in [-0.3, -0.25) is 4.79 Å². The number of amides is 1. The molecular formula is C19H21FN2O3. The number of hydrogen-bond acceptors (Lipinski definition) is 4. The van der Waals surface area contributed by atoms with Crippen LogP contribution in [0.25, 0.3) is 0 Å². The Hall–Kier alpha value is -2.37. The molecule has 1 aliphatic heterocycles. The molecule has 25 heavy (non-hydrogen) atoms. The van der Waals surface area contributed by atoms with E-state index in [1.54, 1.807) is 18.2 Å². The zero-order valence-corrected chi connectivity index (χ0v) is 14.2. The third-order valence-corrected chi connectivity index (χ3v) is 5.34. The van der Waals surface area contributed by atoms with Crippen LogP contribution in [0.3, 0.4) is 0 Å². The average Bonchev–Trinajstić information content (AvgIpc) is 3.35. The van der Waals surface area contributed by atoms with Crippen molar-refractivity contribution in [3.63, 3.8) is 0 Å². The number of ether oxygens (including phenoxy) is 1. The molecule has 1 saturated heterocycles. The highest BCUT2D eigenvalue weighted by atomic mass is 19.1. The minimum atomic E-state index is -0.290. The highest BCUT2D eigenvalue weighted by molar-refractivity contribution is 5.93. The monoisotopic (exact) mass is 344 g/mol. The maximum atomic E-state index is 13.0. The van der Waals surface area contributed by atoms with Crippen molar-refractivity contribution in [1.29, 1.82) is 0 Å². The molecule has 0 N–H and O–H groups in total. The summed E-state index contributed by atoms with van der Waals surface area (Å²) in [5.41, 5.74) is 0.371. The van der Waals surface area contributed by atoms with Crippen LogP contribution in [-0.4, -0.2) is 34.7 Å². The molecule has 1 aliphatic carbocycles. The molecule has 2 fully saturated rings. The summed E-state index contributed by atoms with van der Waals surface area (Å²) in [6, 6.07) is 7.98. The maximum Gasteiger partial charge on any atom is 0.276 e. The van der Waals surface area contributed by atoms with E-state index in [0.29, 0.717) is 36.1 Å². The first kappa shape index (κ1) is 16.1. The van der Waals surface area contributed by atoms with Crippen LogP contribution >= 0.6 is 0 Å². The summed E-state index contributed by atoms with van der Waals surface area (Å²) in [4.78, 5) is 14.9. The van der Waals surface area contributed by atoms with Gasteiger partial charge in [0.15, 0.2) is 5.69 Å². The first-order chi connectivity index (χ1) is 12.2. The Morgan fingerprint density at radius 3 is 2.88 bits per heavy atom. The van der Waals surface area contributed by atoms with E-state index in [1.807, 2.05) is 11.8 Å². The highest BCUT2D eigenvalue weighted by Crippen LogP contribution is 2.43. The second-order valence-electron chi connectivity index (χ2n) is 6.80. The molecule has 2 aromatic rings. The Bertz CT molecular complexity index is 758. The Labute approximate surface area is 145 Å². The molecule has 3 atom stereocenters. The predicted octanol–water partition coefficient (Wildman–Crippen LogP) is 3.45. The number of carbonyl (C=O) groups is 1. The molecule has 1 amide bonds. The summed E-state index contributed by atoms with van der Waals surface area (Å²) in [5, 5.41) is 3.93. The molecule has 0 spiro atoms. The standard InChI is InChI=1S/C19H21FN2O3/c1-2-15-10-17(21-25-15)19(23)22-14-6-3-12(9-14)18(22)11-24-16-7-4-13(20)5-8-16/h4-5,7-8,10,12,14,18H,2-3,6,9,11H2,1H3/t12-,14-,18-/m0/s1. The summed E-state index contributed by atoms with van der Waals surface area (Å²) in [6.45, 7) is 2.38. The second kappa shape index (κ2) is 6.50. The highest BCUT2D eigenvalue weighted by Gasteiger charge is 2.49. The van der Waals surface area contributed by atoms with Crippen LogP contribution in [0.15, 0.2) is 34.9 Å². The van der Waals surface area contributed by atoms with Crippen molar-refractivity contribution in [2.75, 3.05) is 6.61 Å². The van der Waals surface area contributed by atoms with Crippen LogP contribution in [0.2, 0.25) is 0 Å². The first-order valence-corrected chi connectivity index (χ1v) is 8.82. The van der Waals surface area contributed by atoms with Gasteiger partial charge in [0.25, 0.3) is 5.91 Å². The topological polar surface area (TPSA) is 55.6 Å². The number of benzene rings is 1. The van der Waals surface area contributed by atoms with E-state index in [2.05, 4.69) is 5.16 Å². The van der Waals surface area contributed by atoms with Crippen LogP contribution in [-0.2, 0) is 6.42 Å². The molecule has 5 nitrogen and oxygen atoms in total. The van der Waals surface area contributed by atoms with E-state index in [4.69, 9.17) is 9.26 Å². The van der Waals surface area contributed by atoms with Crippen LogP contribution in [0, 0.1) is 11.7 Å². The van der Waals surface area contributed by atoms with E-state index in [9.17, 15) is 9.18 Å². The number of halogens is 1. The van der Waals surface area contributed by atoms with E-state index < -0.39 is 0 Å². The van der Waals surface area contributed by atoms with Crippen LogP contribution in [0.4, 0.5) is 4.39 Å². The van der Waals surface area contributed by atoms with Crippen molar-refractivity contribution < 1.29 is 18.4 Å². The van der Waals surface area contributed by atoms with Crippen LogP contribution in [0.5, 0.6) is 5.75 Å². The number of carbonyl (C=O) groups excluding carboxylic acids is 1. The molecular weight excluding hydrogens is 323 g/mol. The fourth-order valence-corrected chi connectivity index (χ4v) is 4.05. The normalized spacial score (nSPS) is 24.7. The minimum absolute atomic E-state index is 0.0260. The summed E-state index contributed by atoms with van der Waals surface area (Å²) in [6.07, 6.45) is 3.87. The van der Waals surface area contributed by atoms with Gasteiger partial charge in [-0.15, -0.1) is 0 Å². The largest absolute Gasteiger partial charge is 0.491 e. The van der Waals surface area contributed by atoms with Crippen molar-refractivity contribution in [2.45, 2.75) is 44.7 Å². The molecule has 132 valence electrons. The van der Waals surface area contributed by atoms with Gasteiger partial charge < -0.3 is 14.2 Å². The zero-order chi connectivity index (χ0) is 17.4. The van der Waals surface area contributed by atoms with E-state index in [1.165, 1.54) is 12.1 Å². The summed E-state index contributed by atoms with van der Waals surface area (Å²) in [7, 11) is 0. The lowest BCUT2D eigenvalue weighted by Crippen LogP contribution is -2.47. The zero-order valence-electron chi connectivity index (χ0n) is 14.2. The van der Waals surface area contributed by atoms with Crippen LogP contribution in [0.1, 0.15) is 42.4 Å². The third kappa shape index (κ3) is 3.01. The number of likely N-dealkylation sites (tertiary alicyclic amines) is 1. The van der Waals surface area contributed by atoms with Gasteiger partial charge >= 0.3 is 0 Å². The number of nitrogens with zero attached hydrogens (tertiary/aromatic N) is 2. The number of rotatable bonds is 5. The van der Waals surface area contributed by atoms with Gasteiger partial charge in [0.2, 0.25) is 0 Å². The Kier molecular flexibility index (Phi) is 4.19. The summed E-state index contributed by atoms with van der Waals surface area (Å²) < 4.78 is 24.0. The molecule has 4 rings (SSSR count). The van der Waals surface area contributed by atoms with E-state index >= 15 is 0 Å². The van der Waals surface area contributed by atoms with Gasteiger partial charge in [-0.2, -0.15) is 0 Å². The van der Waals surface area contributed by atoms with Gasteiger partial charge in [0, 0.05) is 18.5 Å². The number of aromatic nitrogens is 1. The fraction of sp³-hybridized carbons (Fsp3) is 0.474. The van der Waals surface area contributed by atoms with Crippen molar-refractivity contribution in [3.8, 4) is 5.75 Å². The summed E-state index contributed by atoms with van der Waals surface area (Å²) >= 11 is 0. The van der Waals surface area contributed by atoms with Gasteiger partial charge in [0.1, 0.15) is 23.9 Å². The van der Waals surface area contributed by atoms with E-state index in [0.717, 1.165) is 19.3 Å². The number of piperidine rings is 1. The van der Waals surface area contributed by atoms with Crippen molar-refractivity contribution in [3.05, 3.63) is 47.6 Å². The molecule has 0 radical (unpaired) electrons. The lowest BCUT2D eigenvalue weighted by Gasteiger charge is -2.34. The smallest absolute Gasteiger partial charge is 0.276 e. The maximum absolute atomic E-state index is 13.0. The van der Waals surface area contributed by atoms with Gasteiger partial charge in [0.05, 0.1) is 6.04 Å². The lowest BCUT2D eigenvalue weighted by atomic mass is 9.99. The van der Waals surface area contributed by atoms with Gasteiger partial charge in [-0.05, 0) is 49.4 Å². The Morgan fingerprint density at radius 1 is 1.36 bits per heavy atom. The third-order valence-electron chi connectivity index (χ3n) is 5.34. The number of fused-ring (bicyclic) bond motifs is 2. The fourth-order valence-electron chi connectivity index (χ4n) is 4.05. The molecule has 2 bridgehead atoms. The Balaban J connectivity index is 1.49. The lowest BCUT2D eigenvalue weighted by molar-refractivity contribution is 0.0496. The molecule has 2 heterocycles. The van der Waals surface area contributed by atoms with Crippen molar-refractivity contribution in [2.24, 2.45) is 5.92 Å². The molecule has 6 heteroatoms. The van der Waals surface area contributed by atoms with Gasteiger partial charge in [-0.1, -0.05) is 12.1 Å². The molecule has 0 unspecified atom stereocenters. The molecule has 1 aromatic heterocycles. The van der Waals surface area contributed by atoms with Crippen LogP contribution < -0.4 is 4.74 Å². The quantitative estimate of drug-likeness (QED) is 0.834. The second-order valence-corrected chi connectivity index (χ2v) is 6.80. The number of aryl methyl sites for hydroxylation is 1. The van der Waals surface area contributed by atoms with Crippen molar-refractivity contribution >= 4 is 5.91 Å². The van der Waals surface area contributed by atoms with Crippen molar-refractivity contribution in [1.82, 2.24) is 10.1 Å². The molecule has 1 saturated carbocycles. The first-order valence-electron chi connectivity index (χ1n) is 8.82. The Morgan fingerprint density at radius 2 is 2.16 bits per heavy atom. The predicted molar refractivity (Wildman–Crippen MR) is 88.9 cm³/mol. The number of hydrogen-bond donors (Lipinski definition) is 0. The van der Waals surface area contributed by atoms with E-state index in [-0.39, 0.29) is 23.8 Å². The SMILES string of the molecule is CCc1cc(C(=O)N2[C@H]3CC[C@@H](C3)[C@@H]2COc2ccc(F)cc2)no1. The molecule has 1 aromatic carbocycles. The average molecular weight is 344 g/mol. The van der Waals surface area contributed by atoms with Gasteiger partial charge in [-0.25, -0.2) is 4.39 Å².